The minimum atomic E-state index is -1.70. The number of ether oxygens (including phenoxy) is 4. The van der Waals surface area contributed by atoms with Crippen molar-refractivity contribution in [3.05, 3.63) is 0 Å². The Morgan fingerprint density at radius 1 is 1.00 bits per heavy atom. The SMILES string of the molecule is CC[C@H]1OC(=O)[C@H](C)[C@@H](O[C@H]2C[C@@](C)(OC)[C@@H](O)[C@H](C)O2)[C@@H](C)C[C@](C)(O)C[C@@H](C)CN(C)[C@H](C)[C@@H](O)[C@]1(C)O. The van der Waals surface area contributed by atoms with Gasteiger partial charge in [0, 0.05) is 26.1 Å². The molecule has 0 amide bonds. The average molecular weight is 576 g/mol. The highest BCUT2D eigenvalue weighted by Crippen LogP contribution is 2.37. The van der Waals surface area contributed by atoms with Crippen LogP contribution in [-0.2, 0) is 23.7 Å². The van der Waals surface area contributed by atoms with Gasteiger partial charge in [-0.05, 0) is 79.7 Å². The first-order valence-electron chi connectivity index (χ1n) is 14.9. The Bertz CT molecular complexity index is 823. The summed E-state index contributed by atoms with van der Waals surface area (Å²) in [5, 5.41) is 44.8. The third-order valence-electron chi connectivity index (χ3n) is 9.39. The van der Waals surface area contributed by atoms with Gasteiger partial charge in [-0.2, -0.15) is 0 Å². The number of hydrogen-bond donors (Lipinski definition) is 4. The van der Waals surface area contributed by atoms with Crippen molar-refractivity contribution in [3.63, 3.8) is 0 Å². The van der Waals surface area contributed by atoms with Gasteiger partial charge in [-0.1, -0.05) is 20.8 Å². The molecule has 0 aromatic heterocycles. The van der Waals surface area contributed by atoms with Gasteiger partial charge in [0.25, 0.3) is 0 Å². The Morgan fingerprint density at radius 3 is 2.15 bits per heavy atom. The zero-order chi connectivity index (χ0) is 30.8. The molecule has 2 saturated heterocycles. The molecule has 2 aliphatic rings. The Labute approximate surface area is 241 Å². The summed E-state index contributed by atoms with van der Waals surface area (Å²) in [6, 6.07) is -0.427. The summed E-state index contributed by atoms with van der Waals surface area (Å²) in [7, 11) is 3.41. The summed E-state index contributed by atoms with van der Waals surface area (Å²) in [4.78, 5) is 15.6. The molecule has 0 aromatic carbocycles. The molecule has 2 fully saturated rings. The van der Waals surface area contributed by atoms with Crippen LogP contribution in [0, 0.1) is 17.8 Å². The van der Waals surface area contributed by atoms with Crippen molar-refractivity contribution in [2.75, 3.05) is 20.7 Å². The molecule has 0 bridgehead atoms. The molecule has 13 atom stereocenters. The van der Waals surface area contributed by atoms with Crippen LogP contribution in [0.25, 0.3) is 0 Å². The van der Waals surface area contributed by atoms with Crippen LogP contribution < -0.4 is 0 Å². The van der Waals surface area contributed by atoms with E-state index in [1.54, 1.807) is 34.6 Å². The normalized spacial score (nSPS) is 49.1. The Balaban J connectivity index is 2.47. The van der Waals surface area contributed by atoms with Crippen LogP contribution in [0.5, 0.6) is 0 Å². The molecule has 10 heteroatoms. The molecular weight excluding hydrogens is 518 g/mol. The number of hydrogen-bond acceptors (Lipinski definition) is 10. The number of rotatable bonds is 4. The van der Waals surface area contributed by atoms with Crippen molar-refractivity contribution in [2.24, 2.45) is 17.8 Å². The molecule has 10 nitrogen and oxygen atoms in total. The minimum absolute atomic E-state index is 0.0833. The largest absolute Gasteiger partial charge is 0.459 e. The van der Waals surface area contributed by atoms with E-state index >= 15 is 0 Å². The molecule has 0 saturated carbocycles. The maximum absolute atomic E-state index is 13.6. The average Bonchev–Trinajstić information content (AvgIpc) is 2.85. The van der Waals surface area contributed by atoms with Crippen molar-refractivity contribution in [1.29, 1.82) is 0 Å². The molecule has 4 N–H and O–H groups in total. The number of likely N-dealkylation sites (N-methyl/N-ethyl adjacent to an activating group) is 1. The molecule has 0 unspecified atom stereocenters. The van der Waals surface area contributed by atoms with Crippen molar-refractivity contribution in [1.82, 2.24) is 4.90 Å². The molecule has 40 heavy (non-hydrogen) atoms. The standard InChI is InChI=1S/C30H57NO9/c1-12-22-30(9,36)25(32)20(5)31(10)16-17(2)13-28(7,35)14-18(3)24(19(4)27(34)39-22)40-23-15-29(8,37-11)26(33)21(6)38-23/h17-26,32-33,35-36H,12-16H2,1-11H3/t17-,18+,19-,20-,21+,22-,23+,24+,25-,26+,28-,29-,30-/m1/s1. The molecular formula is C30H57NO9. The van der Waals surface area contributed by atoms with Gasteiger partial charge in [0.1, 0.15) is 23.9 Å². The number of carbonyl (C=O) groups is 1. The smallest absolute Gasteiger partial charge is 0.311 e. The van der Waals surface area contributed by atoms with Crippen LogP contribution in [-0.4, -0.2) is 112 Å². The zero-order valence-electron chi connectivity index (χ0n) is 26.6. The summed E-state index contributed by atoms with van der Waals surface area (Å²) in [6.07, 6.45) is -3.62. The zero-order valence-corrected chi connectivity index (χ0v) is 26.6. The lowest BCUT2D eigenvalue weighted by molar-refractivity contribution is -0.296. The molecule has 236 valence electrons. The maximum Gasteiger partial charge on any atom is 0.311 e. The number of esters is 1. The van der Waals surface area contributed by atoms with E-state index < -0.39 is 71.5 Å². The van der Waals surface area contributed by atoms with E-state index in [9.17, 15) is 25.2 Å². The van der Waals surface area contributed by atoms with Gasteiger partial charge in [0.15, 0.2) is 6.29 Å². The molecule has 2 heterocycles. The van der Waals surface area contributed by atoms with Gasteiger partial charge in [-0.25, -0.2) is 0 Å². The van der Waals surface area contributed by atoms with Crippen LogP contribution in [0.1, 0.15) is 88.0 Å². The second kappa shape index (κ2) is 13.6. The number of aliphatic hydroxyl groups is 4. The van der Waals surface area contributed by atoms with Gasteiger partial charge < -0.3 is 44.3 Å². The van der Waals surface area contributed by atoms with Crippen LogP contribution in [0.15, 0.2) is 0 Å². The quantitative estimate of drug-likeness (QED) is 0.370. The Kier molecular flexibility index (Phi) is 12.0. The van der Waals surface area contributed by atoms with Gasteiger partial charge in [0.2, 0.25) is 0 Å². The van der Waals surface area contributed by atoms with Crippen LogP contribution in [0.3, 0.4) is 0 Å². The lowest BCUT2D eigenvalue weighted by Gasteiger charge is -2.46. The van der Waals surface area contributed by atoms with Crippen LogP contribution in [0.2, 0.25) is 0 Å². The minimum Gasteiger partial charge on any atom is -0.459 e. The lowest BCUT2D eigenvalue weighted by atomic mass is 9.80. The van der Waals surface area contributed by atoms with E-state index in [0.717, 1.165) is 0 Å². The predicted octanol–water partition coefficient (Wildman–Crippen LogP) is 2.48. The first kappa shape index (κ1) is 35.3. The fourth-order valence-corrected chi connectivity index (χ4v) is 6.80. The van der Waals surface area contributed by atoms with E-state index in [-0.39, 0.29) is 18.3 Å². The van der Waals surface area contributed by atoms with Crippen molar-refractivity contribution in [2.45, 2.75) is 148 Å². The topological polar surface area (TPSA) is 138 Å². The molecule has 0 spiro atoms. The second-order valence-corrected chi connectivity index (χ2v) is 13.5. The highest BCUT2D eigenvalue weighted by Gasteiger charge is 2.49. The number of carbonyl (C=O) groups excluding carboxylic acids is 1. The third kappa shape index (κ3) is 8.16. The Morgan fingerprint density at radius 2 is 1.60 bits per heavy atom. The first-order chi connectivity index (χ1) is 18.3. The summed E-state index contributed by atoms with van der Waals surface area (Å²) in [6.45, 7) is 16.8. The maximum atomic E-state index is 13.6. The van der Waals surface area contributed by atoms with Gasteiger partial charge in [-0.15, -0.1) is 0 Å². The molecule has 2 rings (SSSR count). The highest BCUT2D eigenvalue weighted by molar-refractivity contribution is 5.73. The fourth-order valence-electron chi connectivity index (χ4n) is 6.80. The molecule has 0 aromatic rings. The van der Waals surface area contributed by atoms with E-state index in [1.807, 2.05) is 25.8 Å². The second-order valence-electron chi connectivity index (χ2n) is 13.5. The number of cyclic esters (lactones) is 1. The summed E-state index contributed by atoms with van der Waals surface area (Å²) >= 11 is 0. The van der Waals surface area contributed by atoms with E-state index in [0.29, 0.717) is 25.8 Å². The van der Waals surface area contributed by atoms with Gasteiger partial charge in [-0.3, -0.25) is 4.79 Å². The van der Waals surface area contributed by atoms with E-state index in [2.05, 4.69) is 6.92 Å². The van der Waals surface area contributed by atoms with Crippen LogP contribution in [0.4, 0.5) is 0 Å². The third-order valence-corrected chi connectivity index (χ3v) is 9.39. The Hall–Kier alpha value is -0.850. The number of aliphatic hydroxyl groups excluding tert-OH is 2. The molecule has 2 aliphatic heterocycles. The van der Waals surface area contributed by atoms with E-state index in [1.165, 1.54) is 14.0 Å². The van der Waals surface area contributed by atoms with Crippen LogP contribution >= 0.6 is 0 Å². The summed E-state index contributed by atoms with van der Waals surface area (Å²) < 4.78 is 24.0. The molecule has 0 radical (unpaired) electrons. The van der Waals surface area contributed by atoms with Crippen molar-refractivity contribution < 1.29 is 44.2 Å². The number of methoxy groups -OCH3 is 1. The van der Waals surface area contributed by atoms with Crippen molar-refractivity contribution in [3.8, 4) is 0 Å². The fraction of sp³-hybridized carbons (Fsp3) is 0.967. The predicted molar refractivity (Wildman–Crippen MR) is 151 cm³/mol. The lowest BCUT2D eigenvalue weighted by Crippen LogP contribution is -2.59. The monoisotopic (exact) mass is 575 g/mol. The van der Waals surface area contributed by atoms with Crippen molar-refractivity contribution >= 4 is 5.97 Å². The summed E-state index contributed by atoms with van der Waals surface area (Å²) in [5.74, 6) is -1.55. The van der Waals surface area contributed by atoms with E-state index in [4.69, 9.17) is 18.9 Å². The summed E-state index contributed by atoms with van der Waals surface area (Å²) in [5.41, 5.74) is -3.66. The van der Waals surface area contributed by atoms with Gasteiger partial charge >= 0.3 is 5.97 Å². The highest BCUT2D eigenvalue weighted by atomic mass is 16.7. The molecule has 0 aliphatic carbocycles. The first-order valence-corrected chi connectivity index (χ1v) is 14.9. The van der Waals surface area contributed by atoms with Gasteiger partial charge in [0.05, 0.1) is 29.3 Å². The number of nitrogens with zero attached hydrogens (tertiary/aromatic N) is 1.